The summed E-state index contributed by atoms with van der Waals surface area (Å²) in [5.74, 6) is 0.402. The first-order valence-electron chi connectivity index (χ1n) is 10.2. The number of halogens is 1. The van der Waals surface area contributed by atoms with E-state index in [1.807, 2.05) is 13.0 Å². The van der Waals surface area contributed by atoms with Crippen LogP contribution in [-0.2, 0) is 21.4 Å². The van der Waals surface area contributed by atoms with Crippen molar-refractivity contribution in [1.29, 1.82) is 0 Å². The van der Waals surface area contributed by atoms with E-state index in [1.165, 1.54) is 5.56 Å². The second-order valence-corrected chi connectivity index (χ2v) is 9.45. The molecule has 1 aromatic rings. The Morgan fingerprint density at radius 2 is 2.29 bits per heavy atom. The molecule has 1 saturated heterocycles. The van der Waals surface area contributed by atoms with Crippen molar-refractivity contribution in [2.45, 2.75) is 43.7 Å². The number of esters is 1. The van der Waals surface area contributed by atoms with Crippen molar-refractivity contribution in [3.63, 3.8) is 0 Å². The zero-order valence-electron chi connectivity index (χ0n) is 16.1. The fraction of sp³-hybridized carbons (Fsp3) is 0.591. The molecule has 6 heteroatoms. The predicted molar refractivity (Wildman–Crippen MR) is 104 cm³/mol. The topological polar surface area (TPSA) is 59.0 Å². The van der Waals surface area contributed by atoms with Crippen LogP contribution in [0.15, 0.2) is 23.2 Å². The zero-order valence-corrected chi connectivity index (χ0v) is 16.8. The first-order valence-corrected chi connectivity index (χ1v) is 10.6. The number of hydrogen-bond donors (Lipinski definition) is 1. The molecule has 2 heterocycles. The molecule has 4 bridgehead atoms. The number of ether oxygens (including phenoxy) is 2. The smallest absolute Gasteiger partial charge is 0.309 e. The summed E-state index contributed by atoms with van der Waals surface area (Å²) in [6.07, 6.45) is 4.41. The van der Waals surface area contributed by atoms with E-state index in [4.69, 9.17) is 21.1 Å². The molecule has 0 aromatic heterocycles. The number of aromatic hydroxyl groups is 1. The molecule has 0 radical (unpaired) electrons. The van der Waals surface area contributed by atoms with E-state index in [2.05, 4.69) is 18.0 Å². The van der Waals surface area contributed by atoms with E-state index in [-0.39, 0.29) is 41.1 Å². The minimum absolute atomic E-state index is 0.0419. The van der Waals surface area contributed by atoms with Crippen molar-refractivity contribution < 1.29 is 19.4 Å². The number of hydrogen-bond acceptors (Lipinski definition) is 5. The van der Waals surface area contributed by atoms with Crippen LogP contribution < -0.4 is 4.74 Å². The van der Waals surface area contributed by atoms with Gasteiger partial charge in [-0.05, 0) is 51.4 Å². The largest absolute Gasteiger partial charge is 0.504 e. The molecule has 4 aliphatic carbocycles. The van der Waals surface area contributed by atoms with Gasteiger partial charge in [-0.25, -0.2) is 0 Å². The third kappa shape index (κ3) is 1.61. The van der Waals surface area contributed by atoms with Gasteiger partial charge < -0.3 is 19.5 Å². The van der Waals surface area contributed by atoms with E-state index >= 15 is 0 Å². The van der Waals surface area contributed by atoms with Gasteiger partial charge in [0.1, 0.15) is 6.10 Å². The molecule has 2 spiro atoms. The molecule has 1 aromatic carbocycles. The number of benzene rings is 1. The third-order valence-corrected chi connectivity index (χ3v) is 8.65. The molecule has 2 aliphatic heterocycles. The Morgan fingerprint density at radius 3 is 3.07 bits per heavy atom. The average molecular weight is 402 g/mol. The van der Waals surface area contributed by atoms with Crippen molar-refractivity contribution in [2.24, 2.45) is 17.3 Å². The summed E-state index contributed by atoms with van der Waals surface area (Å²) in [6.45, 7) is 3.18. The number of rotatable bonds is 2. The lowest BCUT2D eigenvalue weighted by Gasteiger charge is -2.69. The molecule has 28 heavy (non-hydrogen) atoms. The van der Waals surface area contributed by atoms with E-state index in [0.29, 0.717) is 18.8 Å². The molecule has 2 fully saturated rings. The molecule has 0 unspecified atom stereocenters. The van der Waals surface area contributed by atoms with Gasteiger partial charge >= 0.3 is 5.97 Å². The van der Waals surface area contributed by atoms with Crippen LogP contribution in [0.4, 0.5) is 0 Å². The van der Waals surface area contributed by atoms with Crippen LogP contribution in [0.3, 0.4) is 0 Å². The van der Waals surface area contributed by atoms with Crippen molar-refractivity contribution in [3.8, 4) is 11.5 Å². The maximum absolute atomic E-state index is 13.2. The van der Waals surface area contributed by atoms with Crippen molar-refractivity contribution in [3.05, 3.63) is 34.4 Å². The van der Waals surface area contributed by atoms with Gasteiger partial charge in [0.25, 0.3) is 0 Å². The second-order valence-electron chi connectivity index (χ2n) is 9.02. The Hall–Kier alpha value is -1.72. The van der Waals surface area contributed by atoms with Gasteiger partial charge in [0.15, 0.2) is 11.5 Å². The maximum Gasteiger partial charge on any atom is 0.309 e. The van der Waals surface area contributed by atoms with Gasteiger partial charge in [0.05, 0.1) is 12.5 Å². The molecular formula is C22H24ClNO4. The lowest BCUT2D eigenvalue weighted by Crippen LogP contribution is -2.76. The maximum atomic E-state index is 13.2. The van der Waals surface area contributed by atoms with Crippen LogP contribution in [0.5, 0.6) is 11.5 Å². The van der Waals surface area contributed by atoms with Gasteiger partial charge in [-0.15, -0.1) is 0 Å². The van der Waals surface area contributed by atoms with Crippen LogP contribution in [0.1, 0.15) is 30.9 Å². The fourth-order valence-electron chi connectivity index (χ4n) is 7.40. The molecule has 6 atom stereocenters. The summed E-state index contributed by atoms with van der Waals surface area (Å²) in [7, 11) is 2.15. The minimum Gasteiger partial charge on any atom is -0.504 e. The predicted octanol–water partition coefficient (Wildman–Crippen LogP) is 2.97. The molecule has 1 N–H and O–H groups in total. The number of piperidine rings is 1. The highest BCUT2D eigenvalue weighted by Gasteiger charge is 2.78. The summed E-state index contributed by atoms with van der Waals surface area (Å²) >= 11 is 6.80. The molecule has 5 nitrogen and oxygen atoms in total. The second kappa shape index (κ2) is 5.25. The fourth-order valence-corrected chi connectivity index (χ4v) is 7.79. The Balaban J connectivity index is 1.69. The van der Waals surface area contributed by atoms with Crippen molar-refractivity contribution in [1.82, 2.24) is 4.90 Å². The number of nitrogens with zero attached hydrogens (tertiary/aromatic N) is 1. The summed E-state index contributed by atoms with van der Waals surface area (Å²) in [5, 5.41) is 11.4. The van der Waals surface area contributed by atoms with Crippen LogP contribution in [0.2, 0.25) is 0 Å². The molecule has 148 valence electrons. The highest BCUT2D eigenvalue weighted by Crippen LogP contribution is 2.75. The summed E-state index contributed by atoms with van der Waals surface area (Å²) in [5.41, 5.74) is 1.57. The Morgan fingerprint density at radius 1 is 1.46 bits per heavy atom. The number of fused-ring (bicyclic) bond motifs is 1. The first kappa shape index (κ1) is 17.2. The first-order chi connectivity index (χ1) is 13.5. The number of likely N-dealkylation sites (N-methyl/N-ethyl adjacent to an activating group) is 1. The monoisotopic (exact) mass is 401 g/mol. The van der Waals surface area contributed by atoms with E-state index < -0.39 is 5.41 Å². The van der Waals surface area contributed by atoms with E-state index in [9.17, 15) is 9.90 Å². The van der Waals surface area contributed by atoms with E-state index in [1.54, 1.807) is 6.07 Å². The number of likely N-dealkylation sites (tertiary alicyclic amines) is 1. The van der Waals surface area contributed by atoms with Crippen LogP contribution in [-0.4, -0.2) is 48.3 Å². The molecule has 0 amide bonds. The van der Waals surface area contributed by atoms with Gasteiger partial charge in [0, 0.05) is 33.4 Å². The highest BCUT2D eigenvalue weighted by molar-refractivity contribution is 6.30. The summed E-state index contributed by atoms with van der Waals surface area (Å²) in [6, 6.07) is 3.93. The number of carbonyl (C=O) groups excluding carboxylic acids is 1. The highest BCUT2D eigenvalue weighted by atomic mass is 35.5. The number of phenolic OH excluding ortho intramolecular Hbond substituents is 1. The Labute approximate surface area is 169 Å². The van der Waals surface area contributed by atoms with Crippen molar-refractivity contribution in [2.75, 3.05) is 20.2 Å². The quantitative estimate of drug-likeness (QED) is 0.772. The molecule has 1 saturated carbocycles. The van der Waals surface area contributed by atoms with Gasteiger partial charge in [0.2, 0.25) is 0 Å². The van der Waals surface area contributed by atoms with Crippen molar-refractivity contribution >= 4 is 17.6 Å². The van der Waals surface area contributed by atoms with Crippen LogP contribution in [0, 0.1) is 17.3 Å². The lowest BCUT2D eigenvalue weighted by atomic mass is 9.37. The van der Waals surface area contributed by atoms with E-state index in [0.717, 1.165) is 30.0 Å². The standard InChI is InChI=1S/C22H24ClNO4/c1-3-27-20(26)13-9-12-14(23)10-22(13)16-8-11-4-5-15(25)18-17(11)21(22,19(12)28-18)6-7-24(16)2/h4-5,10,12-13,16,19,25H,3,6-9H2,1-2H3/t12-,13-,16+,19-,21-,22+/m0/s1. The molecule has 6 aliphatic rings. The van der Waals surface area contributed by atoms with Crippen LogP contribution in [0.25, 0.3) is 0 Å². The summed E-state index contributed by atoms with van der Waals surface area (Å²) in [4.78, 5) is 15.6. The molecular weight excluding hydrogens is 378 g/mol. The lowest BCUT2D eigenvalue weighted by molar-refractivity contribution is -0.182. The van der Waals surface area contributed by atoms with Gasteiger partial charge in [-0.2, -0.15) is 0 Å². The van der Waals surface area contributed by atoms with Gasteiger partial charge in [-0.1, -0.05) is 23.7 Å². The number of carbonyl (C=O) groups is 1. The normalized spacial score (nSPS) is 41.9. The minimum atomic E-state index is -0.463. The van der Waals surface area contributed by atoms with Crippen LogP contribution >= 0.6 is 11.6 Å². The third-order valence-electron chi connectivity index (χ3n) is 8.26. The number of phenols is 1. The van der Waals surface area contributed by atoms with Gasteiger partial charge in [-0.3, -0.25) is 4.79 Å². The molecule has 7 rings (SSSR count). The Kier molecular flexibility index (Phi) is 3.22. The Bertz CT molecular complexity index is 945. The zero-order chi connectivity index (χ0) is 19.4. The summed E-state index contributed by atoms with van der Waals surface area (Å²) < 4.78 is 12.0. The average Bonchev–Trinajstić information content (AvgIpc) is 3.02. The SMILES string of the molecule is CCOC(=O)[C@@H]1C[C@H]2C(Cl)=C[C@]13[C@H]1Cc4ccc(O)c5c4[C@@]3(CCN1C)[C@H]2O5.